The molecule has 0 radical (unpaired) electrons. The van der Waals surface area contributed by atoms with E-state index in [4.69, 9.17) is 10.2 Å². The van der Waals surface area contributed by atoms with Crippen molar-refractivity contribution in [3.63, 3.8) is 0 Å². The number of carbonyl (C=O) groups excluding carboxylic acids is 1. The van der Waals surface area contributed by atoms with Crippen LogP contribution in [0, 0.1) is 5.82 Å². The summed E-state index contributed by atoms with van der Waals surface area (Å²) in [6.07, 6.45) is 3.88. The second-order valence-corrected chi connectivity index (χ2v) is 11.8. The molecule has 1 atom stereocenters. The maximum absolute atomic E-state index is 15.8. The van der Waals surface area contributed by atoms with Crippen molar-refractivity contribution in [3.05, 3.63) is 80.5 Å². The van der Waals surface area contributed by atoms with Crippen molar-refractivity contribution in [2.24, 2.45) is 5.73 Å². The average Bonchev–Trinajstić information content (AvgIpc) is 3.54. The number of hydrogen-bond acceptors (Lipinski definition) is 7. The summed E-state index contributed by atoms with van der Waals surface area (Å²) in [5.41, 5.74) is 6.83. The SMILES string of the molecule is CN(C)CCCCNc1c(F)cc2c(=O)c(C(=O)N3CC[C@H](N)C3)cn3c4cc5c(cc4oc1c23)c(=O)c1ccccc15. The van der Waals surface area contributed by atoms with Gasteiger partial charge >= 0.3 is 0 Å². The fourth-order valence-corrected chi connectivity index (χ4v) is 6.36. The van der Waals surface area contributed by atoms with Crippen LogP contribution in [0.4, 0.5) is 10.1 Å². The number of benzene rings is 3. The van der Waals surface area contributed by atoms with E-state index in [-0.39, 0.29) is 33.7 Å². The average molecular weight is 582 g/mol. The molecule has 1 amide bonds. The number of fused-ring (bicyclic) bond motifs is 5. The Morgan fingerprint density at radius 2 is 1.84 bits per heavy atom. The molecule has 4 aromatic carbocycles. The number of aromatic nitrogens is 1. The maximum Gasteiger partial charge on any atom is 0.259 e. The van der Waals surface area contributed by atoms with Gasteiger partial charge in [0.15, 0.2) is 22.4 Å². The van der Waals surface area contributed by atoms with E-state index in [1.54, 1.807) is 21.4 Å². The summed E-state index contributed by atoms with van der Waals surface area (Å²) < 4.78 is 23.9. The molecule has 1 aliphatic rings. The van der Waals surface area contributed by atoms with E-state index in [9.17, 15) is 14.4 Å². The summed E-state index contributed by atoms with van der Waals surface area (Å²) in [4.78, 5) is 44.4. The third-order valence-corrected chi connectivity index (χ3v) is 8.55. The molecule has 7 rings (SSSR count). The summed E-state index contributed by atoms with van der Waals surface area (Å²) in [5, 5.41) is 5.84. The number of rotatable bonds is 7. The number of unbranched alkanes of at least 4 members (excludes halogenated alkanes) is 1. The number of hydrogen-bond donors (Lipinski definition) is 2. The lowest BCUT2D eigenvalue weighted by atomic mass is 10.1. The van der Waals surface area contributed by atoms with Gasteiger partial charge in [0.1, 0.15) is 16.8 Å². The number of nitrogens with one attached hydrogen (secondary N) is 1. The maximum atomic E-state index is 15.8. The van der Waals surface area contributed by atoms with Crippen molar-refractivity contribution in [3.8, 4) is 0 Å². The van der Waals surface area contributed by atoms with Crippen LogP contribution in [-0.4, -0.2) is 66.4 Å². The van der Waals surface area contributed by atoms with Crippen molar-refractivity contribution in [2.45, 2.75) is 25.3 Å². The minimum Gasteiger partial charge on any atom is -0.451 e. The topological polar surface area (TPSA) is 113 Å². The summed E-state index contributed by atoms with van der Waals surface area (Å²) in [7, 11) is 4.00. The molecule has 9 nitrogen and oxygen atoms in total. The molecule has 0 spiro atoms. The highest BCUT2D eigenvalue weighted by Crippen LogP contribution is 2.36. The molecule has 220 valence electrons. The Labute approximate surface area is 245 Å². The van der Waals surface area contributed by atoms with Crippen molar-refractivity contribution < 1.29 is 13.6 Å². The molecule has 10 heteroatoms. The molecule has 0 saturated carbocycles. The highest BCUT2D eigenvalue weighted by atomic mass is 19.1. The zero-order valence-corrected chi connectivity index (χ0v) is 24.1. The molecule has 3 N–H and O–H groups in total. The van der Waals surface area contributed by atoms with Gasteiger partial charge < -0.3 is 29.7 Å². The predicted octanol–water partition coefficient (Wildman–Crippen LogP) is 4.37. The fourth-order valence-electron chi connectivity index (χ4n) is 6.36. The monoisotopic (exact) mass is 581 g/mol. The lowest BCUT2D eigenvalue weighted by molar-refractivity contribution is 0.0789. The van der Waals surface area contributed by atoms with E-state index >= 15 is 4.39 Å². The van der Waals surface area contributed by atoms with Crippen LogP contribution in [0.3, 0.4) is 0 Å². The van der Waals surface area contributed by atoms with Crippen molar-refractivity contribution in [2.75, 3.05) is 45.6 Å². The van der Waals surface area contributed by atoms with Crippen LogP contribution in [0.15, 0.2) is 62.7 Å². The van der Waals surface area contributed by atoms with Gasteiger partial charge in [-0.3, -0.25) is 14.4 Å². The summed E-state index contributed by atoms with van der Waals surface area (Å²) in [6.45, 7) is 2.18. The van der Waals surface area contributed by atoms with E-state index in [1.165, 1.54) is 12.3 Å². The number of nitrogens with zero attached hydrogens (tertiary/aromatic N) is 3. The predicted molar refractivity (Wildman–Crippen MR) is 168 cm³/mol. The van der Waals surface area contributed by atoms with Gasteiger partial charge in [0, 0.05) is 42.6 Å². The first-order valence-electron chi connectivity index (χ1n) is 14.6. The van der Waals surface area contributed by atoms with Crippen LogP contribution in [-0.2, 0) is 0 Å². The molecular formula is C33H32FN5O4. The molecule has 0 aliphatic carbocycles. The molecule has 6 aromatic rings. The molecule has 1 fully saturated rings. The van der Waals surface area contributed by atoms with Crippen molar-refractivity contribution in [1.82, 2.24) is 14.2 Å². The lowest BCUT2D eigenvalue weighted by Crippen LogP contribution is -2.35. The first-order valence-corrected chi connectivity index (χ1v) is 14.6. The second kappa shape index (κ2) is 10.3. The van der Waals surface area contributed by atoms with E-state index in [1.807, 2.05) is 38.4 Å². The molecule has 0 bridgehead atoms. The molecule has 2 aromatic heterocycles. The molecule has 0 unspecified atom stereocenters. The third-order valence-electron chi connectivity index (χ3n) is 8.55. The minimum atomic E-state index is -0.653. The summed E-state index contributed by atoms with van der Waals surface area (Å²) >= 11 is 0. The van der Waals surface area contributed by atoms with Gasteiger partial charge in [-0.05, 0) is 68.9 Å². The highest BCUT2D eigenvalue weighted by Gasteiger charge is 2.29. The van der Waals surface area contributed by atoms with E-state index < -0.39 is 17.2 Å². The number of halogens is 1. The standard InChI is InChI=1S/C33H32FN5O4/c1-37(2)11-6-5-10-36-28-25(34)13-23-29-32(28)43-27-15-22-21(19-7-3-4-8-20(19)30(22)40)14-26(27)39(29)17-24(31(23)41)33(42)38-12-9-18(35)16-38/h3-4,7-8,13-15,17-18,36H,5-6,9-12,16,35H2,1-2H3/t18-/m0/s1. The second-order valence-electron chi connectivity index (χ2n) is 11.8. The third kappa shape index (κ3) is 4.40. The van der Waals surface area contributed by atoms with Crippen molar-refractivity contribution in [1.29, 1.82) is 0 Å². The number of amides is 1. The van der Waals surface area contributed by atoms with Crippen LogP contribution >= 0.6 is 0 Å². The number of pyridine rings is 1. The molecule has 3 heterocycles. The summed E-state index contributed by atoms with van der Waals surface area (Å²) in [5.74, 6) is -1.09. The quantitative estimate of drug-likeness (QED) is 0.164. The Kier molecular flexibility index (Phi) is 6.55. The van der Waals surface area contributed by atoms with Crippen LogP contribution in [0.2, 0.25) is 0 Å². The molecular weight excluding hydrogens is 549 g/mol. The first-order chi connectivity index (χ1) is 20.7. The summed E-state index contributed by atoms with van der Waals surface area (Å²) in [6, 6.07) is 11.9. The zero-order valence-electron chi connectivity index (χ0n) is 24.1. The molecule has 43 heavy (non-hydrogen) atoms. The fraction of sp³-hybridized carbons (Fsp3) is 0.303. The highest BCUT2D eigenvalue weighted by molar-refractivity contribution is 6.15. The van der Waals surface area contributed by atoms with E-state index in [0.717, 1.165) is 30.2 Å². The Morgan fingerprint density at radius 1 is 1.05 bits per heavy atom. The van der Waals surface area contributed by atoms with Crippen molar-refractivity contribution >= 4 is 60.7 Å². The Bertz CT molecular complexity index is 2190. The Morgan fingerprint density at radius 3 is 2.58 bits per heavy atom. The van der Waals surface area contributed by atoms with Gasteiger partial charge in [0.05, 0.1) is 10.9 Å². The van der Waals surface area contributed by atoms with E-state index in [2.05, 4.69) is 10.2 Å². The number of carbonyl (C=O) groups is 1. The van der Waals surface area contributed by atoms with Crippen LogP contribution in [0.1, 0.15) is 29.6 Å². The zero-order chi connectivity index (χ0) is 30.0. The van der Waals surface area contributed by atoms with Crippen LogP contribution in [0.25, 0.3) is 49.1 Å². The van der Waals surface area contributed by atoms with Gasteiger partial charge in [0.2, 0.25) is 5.43 Å². The number of anilines is 1. The van der Waals surface area contributed by atoms with Gasteiger partial charge in [-0.1, -0.05) is 24.3 Å². The van der Waals surface area contributed by atoms with Gasteiger partial charge in [-0.2, -0.15) is 0 Å². The van der Waals surface area contributed by atoms with Gasteiger partial charge in [-0.15, -0.1) is 0 Å². The molecule has 1 saturated heterocycles. The lowest BCUT2D eigenvalue weighted by Gasteiger charge is -2.19. The Hall–Kier alpha value is -4.54. The van der Waals surface area contributed by atoms with Gasteiger partial charge in [-0.25, -0.2) is 4.39 Å². The largest absolute Gasteiger partial charge is 0.451 e. The van der Waals surface area contributed by atoms with Crippen LogP contribution < -0.4 is 21.9 Å². The van der Waals surface area contributed by atoms with E-state index in [0.29, 0.717) is 53.4 Å². The normalized spacial score (nSPS) is 15.7. The number of nitrogens with two attached hydrogens (primary N) is 1. The Balaban J connectivity index is 1.51. The van der Waals surface area contributed by atoms with Crippen LogP contribution in [0.5, 0.6) is 0 Å². The first kappa shape index (κ1) is 27.3. The molecule has 1 aliphatic heterocycles. The van der Waals surface area contributed by atoms with Gasteiger partial charge in [0.25, 0.3) is 5.91 Å². The number of likely N-dealkylation sites (tertiary alicyclic amines) is 1. The minimum absolute atomic E-state index is 0.0441. The smallest absolute Gasteiger partial charge is 0.259 e.